The van der Waals surface area contributed by atoms with Crippen LogP contribution in [0.1, 0.15) is 35.1 Å². The third kappa shape index (κ3) is 7.04. The molecule has 0 bridgehead atoms. The summed E-state index contributed by atoms with van der Waals surface area (Å²) in [7, 11) is 3.29. The highest BCUT2D eigenvalue weighted by molar-refractivity contribution is 5.48. The van der Waals surface area contributed by atoms with E-state index < -0.39 is 5.60 Å². The van der Waals surface area contributed by atoms with Gasteiger partial charge in [0.25, 0.3) is 0 Å². The van der Waals surface area contributed by atoms with Crippen molar-refractivity contribution in [1.82, 2.24) is 5.32 Å². The first-order valence-electron chi connectivity index (χ1n) is 12.5. The van der Waals surface area contributed by atoms with Crippen LogP contribution in [0.15, 0.2) is 66.7 Å². The van der Waals surface area contributed by atoms with Gasteiger partial charge in [-0.1, -0.05) is 54.3 Å². The van der Waals surface area contributed by atoms with E-state index in [0.29, 0.717) is 26.0 Å². The minimum Gasteiger partial charge on any atom is -0.493 e. The van der Waals surface area contributed by atoms with Crippen LogP contribution in [0, 0.1) is 11.8 Å². The lowest BCUT2D eigenvalue weighted by molar-refractivity contribution is 0.0857. The Bertz CT molecular complexity index is 1140. The average Bonchev–Trinajstić information content (AvgIpc) is 3.08. The summed E-state index contributed by atoms with van der Waals surface area (Å²) >= 11 is 0. The molecule has 5 heteroatoms. The first kappa shape index (κ1) is 25.6. The number of ether oxygens (including phenoxy) is 3. The van der Waals surface area contributed by atoms with Gasteiger partial charge in [-0.05, 0) is 78.6 Å². The molecule has 0 aromatic heterocycles. The van der Waals surface area contributed by atoms with Gasteiger partial charge >= 0.3 is 0 Å². The van der Waals surface area contributed by atoms with Crippen LogP contribution in [0.2, 0.25) is 0 Å². The van der Waals surface area contributed by atoms with Gasteiger partial charge in [0.1, 0.15) is 18.0 Å². The fourth-order valence-corrected chi connectivity index (χ4v) is 4.45. The molecule has 0 heterocycles. The number of hydrogen-bond donors (Lipinski definition) is 2. The Labute approximate surface area is 214 Å². The second-order valence-corrected chi connectivity index (χ2v) is 9.15. The molecule has 0 saturated heterocycles. The van der Waals surface area contributed by atoms with E-state index in [1.807, 2.05) is 42.5 Å². The lowest BCUT2D eigenvalue weighted by Crippen LogP contribution is -2.27. The minimum absolute atomic E-state index is 0.551. The van der Waals surface area contributed by atoms with Crippen LogP contribution in [0.5, 0.6) is 17.2 Å². The van der Waals surface area contributed by atoms with Gasteiger partial charge in [0.05, 0.1) is 20.8 Å². The van der Waals surface area contributed by atoms with E-state index in [1.165, 1.54) is 16.7 Å². The maximum Gasteiger partial charge on any atom is 0.161 e. The largest absolute Gasteiger partial charge is 0.493 e. The van der Waals surface area contributed by atoms with Crippen LogP contribution >= 0.6 is 0 Å². The molecule has 0 spiro atoms. The molecule has 0 fully saturated rings. The second kappa shape index (κ2) is 12.5. The zero-order valence-electron chi connectivity index (χ0n) is 21.2. The molecule has 0 aliphatic heterocycles. The lowest BCUT2D eigenvalue weighted by Gasteiger charge is -2.19. The Morgan fingerprint density at radius 3 is 2.11 bits per heavy atom. The number of nitrogens with one attached hydrogen (secondary N) is 1. The molecule has 36 heavy (non-hydrogen) atoms. The Kier molecular flexibility index (Phi) is 8.89. The number of aliphatic hydroxyl groups is 1. The summed E-state index contributed by atoms with van der Waals surface area (Å²) in [6.07, 6.45) is 3.66. The smallest absolute Gasteiger partial charge is 0.161 e. The average molecular weight is 486 g/mol. The highest BCUT2D eigenvalue weighted by Crippen LogP contribution is 2.35. The van der Waals surface area contributed by atoms with Crippen molar-refractivity contribution >= 4 is 0 Å². The minimum atomic E-state index is -0.975. The quantitative estimate of drug-likeness (QED) is 0.261. The molecule has 3 aromatic carbocycles. The van der Waals surface area contributed by atoms with Crippen LogP contribution in [-0.2, 0) is 25.9 Å². The van der Waals surface area contributed by atoms with Crippen LogP contribution in [-0.4, -0.2) is 38.0 Å². The Balaban J connectivity index is 1.20. The summed E-state index contributed by atoms with van der Waals surface area (Å²) in [5.41, 5.74) is 3.82. The maximum absolute atomic E-state index is 11.1. The molecule has 0 amide bonds. The normalized spacial score (nSPS) is 14.1. The lowest BCUT2D eigenvalue weighted by atomic mass is 9.94. The highest BCUT2D eigenvalue weighted by Gasteiger charge is 2.28. The van der Waals surface area contributed by atoms with Crippen LogP contribution < -0.4 is 19.5 Å². The number of methoxy groups -OCH3 is 2. The SMILES string of the molecule is COc1cc2c(cc1OC)CCC(O)(C#CCNCCc1ccc(OCc3ccccc3)cc1)CC2. The monoisotopic (exact) mass is 485 g/mol. The van der Waals surface area contributed by atoms with Gasteiger partial charge in [-0.2, -0.15) is 0 Å². The number of benzene rings is 3. The number of hydrogen-bond acceptors (Lipinski definition) is 5. The molecule has 1 aliphatic rings. The van der Waals surface area contributed by atoms with Crippen molar-refractivity contribution in [2.75, 3.05) is 27.3 Å². The Morgan fingerprint density at radius 1 is 0.861 bits per heavy atom. The van der Waals surface area contributed by atoms with Crippen molar-refractivity contribution in [2.24, 2.45) is 0 Å². The van der Waals surface area contributed by atoms with Gasteiger partial charge in [-0.3, -0.25) is 0 Å². The molecule has 0 saturated carbocycles. The topological polar surface area (TPSA) is 60.0 Å². The number of rotatable bonds is 9. The maximum atomic E-state index is 11.1. The van der Waals surface area contributed by atoms with Crippen LogP contribution in [0.4, 0.5) is 0 Å². The van der Waals surface area contributed by atoms with E-state index in [2.05, 4.69) is 41.4 Å². The molecule has 0 atom stereocenters. The standard InChI is InChI=1S/C31H35NO4/c1-34-29-21-26-13-17-31(33,18-14-27(26)22-30(29)35-2)16-6-19-32-20-15-24-9-11-28(12-10-24)36-23-25-7-4-3-5-8-25/h3-5,7-12,21-22,32-33H,13-15,17-20,23H2,1-2H3. The molecule has 5 nitrogen and oxygen atoms in total. The molecule has 1 aliphatic carbocycles. The van der Waals surface area contributed by atoms with Gasteiger partial charge in [0.15, 0.2) is 11.5 Å². The van der Waals surface area contributed by atoms with Crippen molar-refractivity contribution < 1.29 is 19.3 Å². The molecule has 4 rings (SSSR count). The fraction of sp³-hybridized carbons (Fsp3) is 0.355. The number of fused-ring (bicyclic) bond motifs is 1. The van der Waals surface area contributed by atoms with Gasteiger partial charge in [-0.15, -0.1) is 0 Å². The summed E-state index contributed by atoms with van der Waals surface area (Å²) in [5.74, 6) is 8.60. The van der Waals surface area contributed by atoms with Gasteiger partial charge in [0, 0.05) is 6.54 Å². The molecule has 0 radical (unpaired) electrons. The van der Waals surface area contributed by atoms with E-state index >= 15 is 0 Å². The molecular weight excluding hydrogens is 450 g/mol. The highest BCUT2D eigenvalue weighted by atomic mass is 16.5. The first-order chi connectivity index (χ1) is 17.6. The summed E-state index contributed by atoms with van der Waals surface area (Å²) in [6.45, 7) is 1.94. The molecule has 188 valence electrons. The van der Waals surface area contributed by atoms with E-state index in [0.717, 1.165) is 48.6 Å². The van der Waals surface area contributed by atoms with E-state index in [1.54, 1.807) is 14.2 Å². The second-order valence-electron chi connectivity index (χ2n) is 9.15. The third-order valence-corrected chi connectivity index (χ3v) is 6.62. The predicted molar refractivity (Wildman–Crippen MR) is 143 cm³/mol. The Morgan fingerprint density at radius 2 is 1.50 bits per heavy atom. The zero-order valence-corrected chi connectivity index (χ0v) is 21.2. The predicted octanol–water partition coefficient (Wildman–Crippen LogP) is 4.73. The summed E-state index contributed by atoms with van der Waals surface area (Å²) < 4.78 is 16.7. The molecular formula is C31H35NO4. The van der Waals surface area contributed by atoms with Crippen LogP contribution in [0.25, 0.3) is 0 Å². The summed E-state index contributed by atoms with van der Waals surface area (Å²) in [4.78, 5) is 0. The molecule has 0 unspecified atom stereocenters. The van der Waals surface area contributed by atoms with Crippen molar-refractivity contribution in [3.05, 3.63) is 89.0 Å². The van der Waals surface area contributed by atoms with Gasteiger partial charge in [0.2, 0.25) is 0 Å². The zero-order chi connectivity index (χ0) is 25.2. The van der Waals surface area contributed by atoms with E-state index in [4.69, 9.17) is 14.2 Å². The van der Waals surface area contributed by atoms with E-state index in [-0.39, 0.29) is 0 Å². The molecule has 3 aromatic rings. The Hall–Kier alpha value is -3.46. The van der Waals surface area contributed by atoms with Gasteiger partial charge in [-0.25, -0.2) is 0 Å². The van der Waals surface area contributed by atoms with Crippen molar-refractivity contribution in [1.29, 1.82) is 0 Å². The summed E-state index contributed by atoms with van der Waals surface area (Å²) in [6, 6.07) is 22.4. The summed E-state index contributed by atoms with van der Waals surface area (Å²) in [5, 5.41) is 14.4. The number of aryl methyl sites for hydroxylation is 2. The van der Waals surface area contributed by atoms with Gasteiger partial charge < -0.3 is 24.6 Å². The fourth-order valence-electron chi connectivity index (χ4n) is 4.45. The van der Waals surface area contributed by atoms with Crippen molar-refractivity contribution in [2.45, 2.75) is 44.3 Å². The van der Waals surface area contributed by atoms with E-state index in [9.17, 15) is 5.11 Å². The van der Waals surface area contributed by atoms with Crippen molar-refractivity contribution in [3.8, 4) is 29.1 Å². The molecule has 2 N–H and O–H groups in total. The third-order valence-electron chi connectivity index (χ3n) is 6.62. The van der Waals surface area contributed by atoms with Crippen LogP contribution in [0.3, 0.4) is 0 Å². The van der Waals surface area contributed by atoms with Crippen molar-refractivity contribution in [3.63, 3.8) is 0 Å². The first-order valence-corrected chi connectivity index (χ1v) is 12.5.